The first kappa shape index (κ1) is 17.8. The minimum absolute atomic E-state index is 0.325. The molecule has 0 radical (unpaired) electrons. The summed E-state index contributed by atoms with van der Waals surface area (Å²) in [6.07, 6.45) is 11.5. The van der Waals surface area contributed by atoms with Crippen molar-refractivity contribution < 1.29 is 4.42 Å². The summed E-state index contributed by atoms with van der Waals surface area (Å²) in [7, 11) is 0. The second-order valence-electron chi connectivity index (χ2n) is 11.1. The first-order valence-electron chi connectivity index (χ1n) is 12.3. The quantitative estimate of drug-likeness (QED) is 0.439. The number of furan rings is 1. The van der Waals surface area contributed by atoms with Crippen LogP contribution in [0.15, 0.2) is 40.8 Å². The summed E-state index contributed by atoms with van der Waals surface area (Å²) in [6.45, 7) is 6.26. The first-order chi connectivity index (χ1) is 14.6. The normalized spacial score (nSPS) is 36.9. The van der Waals surface area contributed by atoms with Crippen LogP contribution in [0.5, 0.6) is 0 Å². The Kier molecular flexibility index (Phi) is 3.51. The van der Waals surface area contributed by atoms with Crippen LogP contribution >= 0.6 is 0 Å². The number of rotatable bonds is 1. The molecule has 2 aliphatic carbocycles. The molecule has 5 fully saturated rings. The molecule has 30 heavy (non-hydrogen) atoms. The van der Waals surface area contributed by atoms with E-state index in [1.165, 1.54) is 74.2 Å². The third-order valence-electron chi connectivity index (χ3n) is 9.91. The average Bonchev–Trinajstić information content (AvgIpc) is 3.12. The highest BCUT2D eigenvalue weighted by Gasteiger charge is 2.64. The number of benzene rings is 2. The number of hydrogen-bond donors (Lipinski definition) is 0. The Morgan fingerprint density at radius 1 is 0.967 bits per heavy atom. The highest BCUT2D eigenvalue weighted by molar-refractivity contribution is 6.05. The molecule has 4 bridgehead atoms. The lowest BCUT2D eigenvalue weighted by atomic mass is 9.47. The van der Waals surface area contributed by atoms with E-state index in [1.54, 1.807) is 5.56 Å². The highest BCUT2D eigenvalue weighted by atomic mass is 16.3. The molecule has 156 valence electrons. The second kappa shape index (κ2) is 5.91. The Bertz CT molecular complexity index is 1150. The molecule has 2 saturated carbocycles. The molecule has 8 rings (SSSR count). The van der Waals surface area contributed by atoms with Gasteiger partial charge in [-0.15, -0.1) is 0 Å². The van der Waals surface area contributed by atoms with Crippen LogP contribution in [0.2, 0.25) is 0 Å². The van der Waals surface area contributed by atoms with E-state index in [9.17, 15) is 0 Å². The maximum Gasteiger partial charge on any atom is 0.135 e. The molecule has 0 amide bonds. The Hall–Kier alpha value is -1.80. The highest BCUT2D eigenvalue weighted by Crippen LogP contribution is 2.64. The van der Waals surface area contributed by atoms with E-state index >= 15 is 0 Å². The van der Waals surface area contributed by atoms with E-state index in [0.29, 0.717) is 17.0 Å². The summed E-state index contributed by atoms with van der Waals surface area (Å²) in [6, 6.07) is 14.1. The van der Waals surface area contributed by atoms with Crippen LogP contribution in [0.25, 0.3) is 21.9 Å². The maximum atomic E-state index is 6.21. The van der Waals surface area contributed by atoms with Crippen molar-refractivity contribution in [3.05, 3.63) is 47.5 Å². The van der Waals surface area contributed by atoms with E-state index in [2.05, 4.69) is 55.1 Å². The molecule has 4 heterocycles. The molecule has 5 atom stereocenters. The van der Waals surface area contributed by atoms with Crippen LogP contribution in [0.4, 0.5) is 0 Å². The van der Waals surface area contributed by atoms with Crippen molar-refractivity contribution in [2.75, 3.05) is 6.54 Å². The fraction of sp³-hybridized carbons (Fsp3) is 0.571. The van der Waals surface area contributed by atoms with Crippen LogP contribution in [0.1, 0.15) is 69.4 Å². The van der Waals surface area contributed by atoms with Gasteiger partial charge in [-0.25, -0.2) is 0 Å². The Balaban J connectivity index is 1.41. The SMILES string of the molecule is Cc1cc2oc3ccccc3c2cc1C12CC3CC(C1)C1(CCCCC1)N(C3)[C@@H]2C. The minimum atomic E-state index is 0.325. The predicted molar refractivity (Wildman–Crippen MR) is 123 cm³/mol. The fourth-order valence-corrected chi connectivity index (χ4v) is 8.75. The van der Waals surface area contributed by atoms with E-state index in [0.717, 1.165) is 23.0 Å². The molecule has 2 aromatic carbocycles. The fourth-order valence-electron chi connectivity index (χ4n) is 8.75. The number of para-hydroxylation sites is 1. The lowest BCUT2D eigenvalue weighted by Crippen LogP contribution is -2.75. The summed E-state index contributed by atoms with van der Waals surface area (Å²) < 4.78 is 6.21. The molecule has 3 aliphatic heterocycles. The van der Waals surface area contributed by atoms with Crippen molar-refractivity contribution in [1.82, 2.24) is 4.90 Å². The first-order valence-corrected chi connectivity index (χ1v) is 12.3. The zero-order valence-corrected chi connectivity index (χ0v) is 18.4. The van der Waals surface area contributed by atoms with Crippen molar-refractivity contribution in [3.63, 3.8) is 0 Å². The molecule has 2 heteroatoms. The molecule has 1 aromatic heterocycles. The number of hydrogen-bond acceptors (Lipinski definition) is 2. The largest absolute Gasteiger partial charge is 0.456 e. The molecule has 4 unspecified atom stereocenters. The average molecular weight is 400 g/mol. The number of fused-ring (bicyclic) bond motifs is 3. The molecular formula is C28H33NO. The molecule has 2 nitrogen and oxygen atoms in total. The van der Waals surface area contributed by atoms with Crippen LogP contribution in [-0.4, -0.2) is 23.0 Å². The van der Waals surface area contributed by atoms with Crippen LogP contribution in [0.3, 0.4) is 0 Å². The Morgan fingerprint density at radius 3 is 2.67 bits per heavy atom. The van der Waals surface area contributed by atoms with Crippen molar-refractivity contribution in [2.24, 2.45) is 11.8 Å². The van der Waals surface area contributed by atoms with Crippen LogP contribution < -0.4 is 0 Å². The number of piperidine rings is 3. The van der Waals surface area contributed by atoms with Crippen LogP contribution in [0, 0.1) is 18.8 Å². The summed E-state index contributed by atoms with van der Waals surface area (Å²) in [4.78, 5) is 3.04. The molecule has 5 aliphatic rings. The van der Waals surface area contributed by atoms with Gasteiger partial charge in [0.2, 0.25) is 0 Å². The van der Waals surface area contributed by atoms with Gasteiger partial charge in [0.15, 0.2) is 0 Å². The lowest BCUT2D eigenvalue weighted by molar-refractivity contribution is -0.182. The van der Waals surface area contributed by atoms with Crippen molar-refractivity contribution >= 4 is 21.9 Å². The van der Waals surface area contributed by atoms with E-state index < -0.39 is 0 Å². The predicted octanol–water partition coefficient (Wildman–Crippen LogP) is 6.97. The van der Waals surface area contributed by atoms with Gasteiger partial charge in [0.1, 0.15) is 11.2 Å². The van der Waals surface area contributed by atoms with Crippen molar-refractivity contribution in [3.8, 4) is 0 Å². The minimum Gasteiger partial charge on any atom is -0.456 e. The van der Waals surface area contributed by atoms with Gasteiger partial charge in [-0.05, 0) is 87.1 Å². The van der Waals surface area contributed by atoms with Gasteiger partial charge in [-0.3, -0.25) is 4.90 Å². The lowest BCUT2D eigenvalue weighted by Gasteiger charge is -2.71. The zero-order valence-electron chi connectivity index (χ0n) is 18.4. The van der Waals surface area contributed by atoms with Gasteiger partial charge in [0, 0.05) is 34.3 Å². The number of nitrogens with zero attached hydrogens (tertiary/aromatic N) is 1. The third-order valence-corrected chi connectivity index (χ3v) is 9.91. The topological polar surface area (TPSA) is 16.4 Å². The number of aryl methyl sites for hydroxylation is 1. The molecule has 3 aromatic rings. The molecular weight excluding hydrogens is 366 g/mol. The van der Waals surface area contributed by atoms with E-state index in [1.807, 2.05) is 0 Å². The summed E-state index contributed by atoms with van der Waals surface area (Å²) >= 11 is 0. The summed E-state index contributed by atoms with van der Waals surface area (Å²) in [5, 5.41) is 2.59. The van der Waals surface area contributed by atoms with Gasteiger partial charge in [0.05, 0.1) is 0 Å². The summed E-state index contributed by atoms with van der Waals surface area (Å²) in [5.41, 5.74) is 5.99. The molecule has 1 spiro atoms. The second-order valence-corrected chi connectivity index (χ2v) is 11.1. The van der Waals surface area contributed by atoms with Gasteiger partial charge in [-0.1, -0.05) is 37.5 Å². The van der Waals surface area contributed by atoms with Crippen molar-refractivity contribution in [2.45, 2.75) is 82.2 Å². The van der Waals surface area contributed by atoms with Gasteiger partial charge in [-0.2, -0.15) is 0 Å². The zero-order chi connectivity index (χ0) is 20.1. The molecule has 3 saturated heterocycles. The Morgan fingerprint density at radius 2 is 1.80 bits per heavy atom. The summed E-state index contributed by atoms with van der Waals surface area (Å²) in [5.74, 6) is 1.79. The smallest absolute Gasteiger partial charge is 0.135 e. The Labute approximate surface area is 179 Å². The molecule has 0 N–H and O–H groups in total. The monoisotopic (exact) mass is 399 g/mol. The maximum absolute atomic E-state index is 6.21. The van der Waals surface area contributed by atoms with E-state index in [-0.39, 0.29) is 0 Å². The van der Waals surface area contributed by atoms with Crippen molar-refractivity contribution in [1.29, 1.82) is 0 Å². The third kappa shape index (κ3) is 2.09. The van der Waals surface area contributed by atoms with Gasteiger partial charge >= 0.3 is 0 Å². The van der Waals surface area contributed by atoms with Gasteiger partial charge in [0.25, 0.3) is 0 Å². The standard InChI is InChI=1S/C28H33NO/c1-18-12-26-23(22-8-4-5-9-25(22)30-26)14-24(18)27-15-20-13-21(16-27)28(10-6-3-7-11-28)29(17-20)19(27)2/h4-5,8-9,12,14,19-21H,3,6-7,10-11,13,15-17H2,1-2H3/t19-,20?,21?,27?/m1/s1. The van der Waals surface area contributed by atoms with E-state index in [4.69, 9.17) is 4.42 Å². The van der Waals surface area contributed by atoms with Gasteiger partial charge < -0.3 is 4.42 Å². The van der Waals surface area contributed by atoms with Crippen LogP contribution in [-0.2, 0) is 5.41 Å².